The van der Waals surface area contributed by atoms with Gasteiger partial charge in [-0.3, -0.25) is 4.79 Å². The molecule has 0 bridgehead atoms. The molecule has 2 N–H and O–H groups in total. The molecule has 108 valence electrons. The lowest BCUT2D eigenvalue weighted by Crippen LogP contribution is -2.43. The second-order valence-corrected chi connectivity index (χ2v) is 5.89. The van der Waals surface area contributed by atoms with Crippen LogP contribution in [0.2, 0.25) is 0 Å². The predicted molar refractivity (Wildman–Crippen MR) is 79.0 cm³/mol. The minimum absolute atomic E-state index is 0.0729. The fourth-order valence-corrected chi connectivity index (χ4v) is 3.53. The first-order chi connectivity index (χ1) is 10.3. The first-order valence-electron chi connectivity index (χ1n) is 7.39. The van der Waals surface area contributed by atoms with Gasteiger partial charge in [0.1, 0.15) is 0 Å². The Bertz CT molecular complexity index is 667. The average Bonchev–Trinajstić information content (AvgIpc) is 2.96. The van der Waals surface area contributed by atoms with Crippen molar-refractivity contribution < 1.29 is 4.79 Å². The fraction of sp³-hybridized carbons (Fsp3) is 0.375. The lowest BCUT2D eigenvalue weighted by molar-refractivity contribution is 0.0712. The van der Waals surface area contributed by atoms with Gasteiger partial charge in [-0.2, -0.15) is 5.10 Å². The zero-order valence-electron chi connectivity index (χ0n) is 11.7. The molecule has 5 nitrogen and oxygen atoms in total. The number of likely N-dealkylation sites (tertiary alicyclic amines) is 1. The molecule has 1 amide bonds. The van der Waals surface area contributed by atoms with Crippen LogP contribution in [-0.2, 0) is 0 Å². The predicted octanol–water partition coefficient (Wildman–Crippen LogP) is 1.29. The van der Waals surface area contributed by atoms with Crippen LogP contribution in [0.15, 0.2) is 42.7 Å². The molecule has 1 aliphatic carbocycles. The van der Waals surface area contributed by atoms with Crippen molar-refractivity contribution in [1.29, 1.82) is 0 Å². The lowest BCUT2D eigenvalue weighted by Gasteiger charge is -2.27. The van der Waals surface area contributed by atoms with E-state index in [1.807, 2.05) is 41.4 Å². The summed E-state index contributed by atoms with van der Waals surface area (Å²) >= 11 is 0. The summed E-state index contributed by atoms with van der Waals surface area (Å²) < 4.78 is 1.74. The number of piperidine rings is 1. The number of aromatic nitrogens is 2. The van der Waals surface area contributed by atoms with E-state index >= 15 is 0 Å². The Kier molecular flexibility index (Phi) is 2.82. The molecular weight excluding hydrogens is 264 g/mol. The summed E-state index contributed by atoms with van der Waals surface area (Å²) in [6.45, 7) is 1.40. The van der Waals surface area contributed by atoms with E-state index in [1.165, 1.54) is 6.42 Å². The van der Waals surface area contributed by atoms with Crippen molar-refractivity contribution >= 4 is 5.91 Å². The third-order valence-corrected chi connectivity index (χ3v) is 4.69. The monoisotopic (exact) mass is 282 g/mol. The van der Waals surface area contributed by atoms with Crippen molar-refractivity contribution in [2.75, 3.05) is 13.1 Å². The highest BCUT2D eigenvalue weighted by Gasteiger charge is 2.53. The molecule has 21 heavy (non-hydrogen) atoms. The van der Waals surface area contributed by atoms with Crippen molar-refractivity contribution in [3.8, 4) is 5.69 Å². The topological polar surface area (TPSA) is 64.2 Å². The minimum atomic E-state index is 0.0729. The van der Waals surface area contributed by atoms with Gasteiger partial charge in [-0.15, -0.1) is 0 Å². The molecule has 0 spiro atoms. The van der Waals surface area contributed by atoms with Crippen LogP contribution in [0.3, 0.4) is 0 Å². The zero-order chi connectivity index (χ0) is 14.4. The number of rotatable bonds is 3. The summed E-state index contributed by atoms with van der Waals surface area (Å²) in [6, 6.07) is 9.68. The molecule has 0 unspecified atom stereocenters. The molecule has 1 aromatic heterocycles. The molecule has 0 radical (unpaired) electrons. The van der Waals surface area contributed by atoms with Gasteiger partial charge < -0.3 is 10.6 Å². The lowest BCUT2D eigenvalue weighted by atomic mass is 10.1. The molecule has 1 saturated carbocycles. The van der Waals surface area contributed by atoms with Crippen LogP contribution in [0, 0.1) is 11.8 Å². The molecule has 2 aliphatic rings. The number of fused-ring (bicyclic) bond motifs is 1. The van der Waals surface area contributed by atoms with Crippen LogP contribution in [0.4, 0.5) is 0 Å². The quantitative estimate of drug-likeness (QED) is 0.922. The van der Waals surface area contributed by atoms with E-state index in [9.17, 15) is 4.79 Å². The summed E-state index contributed by atoms with van der Waals surface area (Å²) in [5, 5.41) is 4.24. The van der Waals surface area contributed by atoms with Crippen molar-refractivity contribution in [3.05, 3.63) is 48.3 Å². The van der Waals surface area contributed by atoms with Crippen LogP contribution in [0.25, 0.3) is 5.69 Å². The number of carbonyl (C=O) groups excluding carboxylic acids is 1. The first-order valence-corrected chi connectivity index (χ1v) is 7.39. The highest BCUT2D eigenvalue weighted by Crippen LogP contribution is 2.49. The molecule has 5 heteroatoms. The van der Waals surface area contributed by atoms with Crippen molar-refractivity contribution in [2.45, 2.75) is 12.5 Å². The Morgan fingerprint density at radius 1 is 1.33 bits per heavy atom. The first kappa shape index (κ1) is 12.6. The van der Waals surface area contributed by atoms with Crippen molar-refractivity contribution in [3.63, 3.8) is 0 Å². The molecule has 1 aromatic carbocycles. The summed E-state index contributed by atoms with van der Waals surface area (Å²) in [5.74, 6) is 1.36. The molecule has 2 heterocycles. The van der Waals surface area contributed by atoms with E-state index in [0.717, 1.165) is 12.2 Å². The van der Waals surface area contributed by atoms with E-state index in [0.29, 0.717) is 23.9 Å². The van der Waals surface area contributed by atoms with E-state index in [2.05, 4.69) is 5.10 Å². The number of amides is 1. The number of nitrogens with zero attached hydrogens (tertiary/aromatic N) is 3. The van der Waals surface area contributed by atoms with Crippen LogP contribution < -0.4 is 5.73 Å². The smallest absolute Gasteiger partial charge is 0.256 e. The van der Waals surface area contributed by atoms with Crippen LogP contribution in [0.5, 0.6) is 0 Å². The van der Waals surface area contributed by atoms with Gasteiger partial charge in [0.25, 0.3) is 5.91 Å². The van der Waals surface area contributed by atoms with Gasteiger partial charge in [-0.25, -0.2) is 4.68 Å². The number of para-hydroxylation sites is 1. The summed E-state index contributed by atoms with van der Waals surface area (Å²) in [5.41, 5.74) is 7.40. The Balaban J connectivity index is 1.69. The Morgan fingerprint density at radius 2 is 2.19 bits per heavy atom. The standard InChI is InChI=1S/C16H18N4O/c17-9-15-13-8-11(13)10-19(15)16(21)12-4-1-2-5-14(12)20-7-3-6-18-20/h1-7,11,13,15H,8-10,17H2/t11-,13-,15+/m0/s1. The van der Waals surface area contributed by atoms with Gasteiger partial charge in [0.15, 0.2) is 0 Å². The number of carbonyl (C=O) groups is 1. The Hall–Kier alpha value is -2.14. The summed E-state index contributed by atoms with van der Waals surface area (Å²) in [6.07, 6.45) is 4.80. The number of hydrogen-bond donors (Lipinski definition) is 1. The number of hydrogen-bond acceptors (Lipinski definition) is 3. The third kappa shape index (κ3) is 1.96. The second kappa shape index (κ2) is 4.70. The maximum absolute atomic E-state index is 12.9. The van der Waals surface area contributed by atoms with Gasteiger partial charge in [0.05, 0.1) is 11.3 Å². The Labute approximate surface area is 123 Å². The largest absolute Gasteiger partial charge is 0.334 e. The van der Waals surface area contributed by atoms with E-state index in [4.69, 9.17) is 5.73 Å². The van der Waals surface area contributed by atoms with Crippen LogP contribution in [-0.4, -0.2) is 39.7 Å². The normalized spacial score (nSPS) is 26.7. The van der Waals surface area contributed by atoms with E-state index in [-0.39, 0.29) is 11.9 Å². The number of benzene rings is 1. The van der Waals surface area contributed by atoms with Crippen LogP contribution in [0.1, 0.15) is 16.8 Å². The molecular formula is C16H18N4O. The van der Waals surface area contributed by atoms with Gasteiger partial charge in [-0.1, -0.05) is 12.1 Å². The average molecular weight is 282 g/mol. The van der Waals surface area contributed by atoms with Gasteiger partial charge in [0.2, 0.25) is 0 Å². The van der Waals surface area contributed by atoms with Crippen molar-refractivity contribution in [2.24, 2.45) is 17.6 Å². The second-order valence-electron chi connectivity index (χ2n) is 5.89. The zero-order valence-corrected chi connectivity index (χ0v) is 11.7. The summed E-state index contributed by atoms with van der Waals surface area (Å²) in [4.78, 5) is 14.9. The van der Waals surface area contributed by atoms with Gasteiger partial charge in [-0.05, 0) is 36.5 Å². The summed E-state index contributed by atoms with van der Waals surface area (Å²) in [7, 11) is 0. The minimum Gasteiger partial charge on any atom is -0.334 e. The highest BCUT2D eigenvalue weighted by molar-refractivity contribution is 5.98. The van der Waals surface area contributed by atoms with Crippen molar-refractivity contribution in [1.82, 2.24) is 14.7 Å². The van der Waals surface area contributed by atoms with Gasteiger partial charge >= 0.3 is 0 Å². The number of nitrogens with two attached hydrogens (primary N) is 1. The maximum Gasteiger partial charge on any atom is 0.256 e. The third-order valence-electron chi connectivity index (χ3n) is 4.69. The van der Waals surface area contributed by atoms with E-state index < -0.39 is 0 Å². The maximum atomic E-state index is 12.9. The molecule has 4 rings (SSSR count). The fourth-order valence-electron chi connectivity index (χ4n) is 3.53. The van der Waals surface area contributed by atoms with E-state index in [1.54, 1.807) is 10.9 Å². The van der Waals surface area contributed by atoms with Gasteiger partial charge in [0, 0.05) is 31.5 Å². The Morgan fingerprint density at radius 3 is 2.95 bits per heavy atom. The molecule has 1 aliphatic heterocycles. The molecule has 1 saturated heterocycles. The SMILES string of the molecule is NC[C@@H]1[C@H]2C[C@H]2CN1C(=O)c1ccccc1-n1cccn1. The molecule has 3 atom stereocenters. The molecule has 2 aromatic rings. The molecule has 2 fully saturated rings. The van der Waals surface area contributed by atoms with Crippen LogP contribution >= 0.6 is 0 Å². The highest BCUT2D eigenvalue weighted by atomic mass is 16.2.